The maximum atomic E-state index is 9.82. The molecule has 0 bridgehead atoms. The van der Waals surface area contributed by atoms with Crippen molar-refractivity contribution in [2.24, 2.45) is 0 Å². The van der Waals surface area contributed by atoms with Crippen LogP contribution >= 0.6 is 0 Å². The monoisotopic (exact) mass is 206 g/mol. The minimum Gasteiger partial charge on any atom is -0.397 e. The maximum absolute atomic E-state index is 9.82. The molecule has 1 aliphatic carbocycles. The molecule has 1 aromatic rings. The van der Waals surface area contributed by atoms with Crippen molar-refractivity contribution in [2.45, 2.75) is 37.8 Å². The van der Waals surface area contributed by atoms with Crippen molar-refractivity contribution in [1.29, 1.82) is 0 Å². The number of nitrogens with two attached hydrogens (primary N) is 1. The molecular formula is C12H18N2O. The van der Waals surface area contributed by atoms with E-state index in [-0.39, 0.29) is 12.1 Å². The van der Waals surface area contributed by atoms with E-state index in [4.69, 9.17) is 5.73 Å². The Balaban J connectivity index is 2.04. The summed E-state index contributed by atoms with van der Waals surface area (Å²) in [7, 11) is 0. The SMILES string of the molecule is Nc1ccccc1N[C@@H]1CCCC[C@H]1O. The minimum atomic E-state index is -0.238. The summed E-state index contributed by atoms with van der Waals surface area (Å²) in [5.41, 5.74) is 7.52. The van der Waals surface area contributed by atoms with Gasteiger partial charge in [-0.2, -0.15) is 0 Å². The first-order valence-electron chi connectivity index (χ1n) is 5.56. The number of anilines is 2. The first-order chi connectivity index (χ1) is 7.27. The molecule has 15 heavy (non-hydrogen) atoms. The molecule has 1 aromatic carbocycles. The zero-order chi connectivity index (χ0) is 10.7. The molecule has 1 aliphatic rings. The predicted molar refractivity (Wildman–Crippen MR) is 62.7 cm³/mol. The molecule has 3 heteroatoms. The van der Waals surface area contributed by atoms with Crippen LogP contribution in [0.5, 0.6) is 0 Å². The second-order valence-electron chi connectivity index (χ2n) is 4.19. The molecule has 0 spiro atoms. The summed E-state index contributed by atoms with van der Waals surface area (Å²) in [6.45, 7) is 0. The Morgan fingerprint density at radius 3 is 2.67 bits per heavy atom. The highest BCUT2D eigenvalue weighted by molar-refractivity contribution is 5.66. The van der Waals surface area contributed by atoms with E-state index in [0.717, 1.165) is 30.6 Å². The molecule has 0 unspecified atom stereocenters. The summed E-state index contributed by atoms with van der Waals surface area (Å²) in [4.78, 5) is 0. The van der Waals surface area contributed by atoms with Crippen LogP contribution in [0, 0.1) is 0 Å². The molecule has 4 N–H and O–H groups in total. The minimum absolute atomic E-state index is 0.156. The summed E-state index contributed by atoms with van der Waals surface area (Å²) in [5.74, 6) is 0. The summed E-state index contributed by atoms with van der Waals surface area (Å²) in [5, 5.41) is 13.1. The van der Waals surface area contributed by atoms with E-state index in [2.05, 4.69) is 5.32 Å². The van der Waals surface area contributed by atoms with Crippen LogP contribution in [0.25, 0.3) is 0 Å². The number of para-hydroxylation sites is 2. The van der Waals surface area contributed by atoms with Crippen LogP contribution in [0.2, 0.25) is 0 Å². The van der Waals surface area contributed by atoms with Crippen molar-refractivity contribution in [1.82, 2.24) is 0 Å². The molecule has 2 atom stereocenters. The second kappa shape index (κ2) is 4.53. The number of aliphatic hydroxyl groups excluding tert-OH is 1. The molecule has 0 aliphatic heterocycles. The molecule has 2 rings (SSSR count). The van der Waals surface area contributed by atoms with Crippen LogP contribution in [0.3, 0.4) is 0 Å². The van der Waals surface area contributed by atoms with Gasteiger partial charge in [0.2, 0.25) is 0 Å². The third-order valence-corrected chi connectivity index (χ3v) is 3.03. The lowest BCUT2D eigenvalue weighted by molar-refractivity contribution is 0.116. The maximum Gasteiger partial charge on any atom is 0.0741 e. The second-order valence-corrected chi connectivity index (χ2v) is 4.19. The highest BCUT2D eigenvalue weighted by Crippen LogP contribution is 2.24. The first-order valence-corrected chi connectivity index (χ1v) is 5.56. The van der Waals surface area contributed by atoms with E-state index >= 15 is 0 Å². The Kier molecular flexibility index (Phi) is 3.11. The number of hydrogen-bond donors (Lipinski definition) is 3. The number of nitrogen functional groups attached to an aromatic ring is 1. The summed E-state index contributed by atoms with van der Waals surface area (Å²) in [6.07, 6.45) is 3.99. The van der Waals surface area contributed by atoms with E-state index < -0.39 is 0 Å². The molecule has 1 saturated carbocycles. The third kappa shape index (κ3) is 2.42. The van der Waals surface area contributed by atoms with Crippen LogP contribution in [0.15, 0.2) is 24.3 Å². The zero-order valence-electron chi connectivity index (χ0n) is 8.82. The normalized spacial score (nSPS) is 26.2. The van der Waals surface area contributed by atoms with Gasteiger partial charge in [-0.1, -0.05) is 25.0 Å². The molecule has 0 amide bonds. The average molecular weight is 206 g/mol. The number of aliphatic hydroxyl groups is 1. The van der Waals surface area contributed by atoms with E-state index in [0.29, 0.717) is 0 Å². The van der Waals surface area contributed by atoms with Gasteiger partial charge < -0.3 is 16.2 Å². The fourth-order valence-corrected chi connectivity index (χ4v) is 2.11. The van der Waals surface area contributed by atoms with Gasteiger partial charge in [0.25, 0.3) is 0 Å². The van der Waals surface area contributed by atoms with Crippen molar-refractivity contribution in [3.05, 3.63) is 24.3 Å². The predicted octanol–water partition coefficient (Wildman–Crippen LogP) is 1.98. The Hall–Kier alpha value is -1.22. The van der Waals surface area contributed by atoms with E-state index in [9.17, 15) is 5.11 Å². The van der Waals surface area contributed by atoms with E-state index in [1.807, 2.05) is 24.3 Å². The lowest BCUT2D eigenvalue weighted by Crippen LogP contribution is -2.36. The molecule has 1 fully saturated rings. The molecule has 82 valence electrons. The van der Waals surface area contributed by atoms with Crippen molar-refractivity contribution in [2.75, 3.05) is 11.1 Å². The van der Waals surface area contributed by atoms with Gasteiger partial charge in [0.15, 0.2) is 0 Å². The molecule has 0 heterocycles. The van der Waals surface area contributed by atoms with Gasteiger partial charge in [0.05, 0.1) is 23.5 Å². The van der Waals surface area contributed by atoms with Gasteiger partial charge in [-0.15, -0.1) is 0 Å². The van der Waals surface area contributed by atoms with Gasteiger partial charge in [-0.25, -0.2) is 0 Å². The zero-order valence-corrected chi connectivity index (χ0v) is 8.82. The summed E-state index contributed by atoms with van der Waals surface area (Å²) < 4.78 is 0. The Labute approximate surface area is 90.3 Å². The summed E-state index contributed by atoms with van der Waals surface area (Å²) in [6, 6.07) is 7.85. The third-order valence-electron chi connectivity index (χ3n) is 3.03. The van der Waals surface area contributed by atoms with Crippen LogP contribution in [-0.4, -0.2) is 17.3 Å². The highest BCUT2D eigenvalue weighted by Gasteiger charge is 2.22. The van der Waals surface area contributed by atoms with Gasteiger partial charge in [0, 0.05) is 0 Å². The highest BCUT2D eigenvalue weighted by atomic mass is 16.3. The molecule has 0 aromatic heterocycles. The quantitative estimate of drug-likeness (QED) is 0.648. The Bertz CT molecular complexity index is 327. The fourth-order valence-electron chi connectivity index (χ4n) is 2.11. The van der Waals surface area contributed by atoms with Gasteiger partial charge in [0.1, 0.15) is 0 Å². The standard InChI is InChI=1S/C12H18N2O/c13-9-5-1-2-6-10(9)14-11-7-3-4-8-12(11)15/h1-2,5-6,11-12,14-15H,3-4,7-8,13H2/t11-,12-/m1/s1. The average Bonchev–Trinajstić information content (AvgIpc) is 2.24. The van der Waals surface area contributed by atoms with Crippen molar-refractivity contribution in [3.8, 4) is 0 Å². The smallest absolute Gasteiger partial charge is 0.0741 e. The Morgan fingerprint density at radius 1 is 1.20 bits per heavy atom. The lowest BCUT2D eigenvalue weighted by atomic mass is 9.92. The lowest BCUT2D eigenvalue weighted by Gasteiger charge is -2.29. The van der Waals surface area contributed by atoms with Gasteiger partial charge in [-0.3, -0.25) is 0 Å². The molecule has 0 saturated heterocycles. The summed E-state index contributed by atoms with van der Waals surface area (Å²) >= 11 is 0. The van der Waals surface area contributed by atoms with Crippen LogP contribution < -0.4 is 11.1 Å². The van der Waals surface area contributed by atoms with E-state index in [1.54, 1.807) is 0 Å². The fraction of sp³-hybridized carbons (Fsp3) is 0.500. The van der Waals surface area contributed by atoms with Crippen molar-refractivity contribution < 1.29 is 5.11 Å². The number of rotatable bonds is 2. The number of hydrogen-bond acceptors (Lipinski definition) is 3. The first kappa shape index (κ1) is 10.3. The largest absolute Gasteiger partial charge is 0.397 e. The van der Waals surface area contributed by atoms with Crippen molar-refractivity contribution >= 4 is 11.4 Å². The van der Waals surface area contributed by atoms with Crippen LogP contribution in [0.1, 0.15) is 25.7 Å². The number of nitrogens with one attached hydrogen (secondary N) is 1. The number of benzene rings is 1. The van der Waals surface area contributed by atoms with Crippen molar-refractivity contribution in [3.63, 3.8) is 0 Å². The van der Waals surface area contributed by atoms with Gasteiger partial charge >= 0.3 is 0 Å². The van der Waals surface area contributed by atoms with Crippen LogP contribution in [0.4, 0.5) is 11.4 Å². The molecular weight excluding hydrogens is 188 g/mol. The van der Waals surface area contributed by atoms with E-state index in [1.165, 1.54) is 6.42 Å². The topological polar surface area (TPSA) is 58.3 Å². The van der Waals surface area contributed by atoms with Gasteiger partial charge in [-0.05, 0) is 25.0 Å². The van der Waals surface area contributed by atoms with Crippen LogP contribution in [-0.2, 0) is 0 Å². The Morgan fingerprint density at radius 2 is 1.93 bits per heavy atom. The molecule has 0 radical (unpaired) electrons. The molecule has 3 nitrogen and oxygen atoms in total.